The molecule has 0 aliphatic heterocycles. The van der Waals surface area contributed by atoms with Crippen LogP contribution in [0.5, 0.6) is 0 Å². The van der Waals surface area contributed by atoms with Crippen LogP contribution in [0, 0.1) is 0 Å². The van der Waals surface area contributed by atoms with E-state index >= 15 is 0 Å². The van der Waals surface area contributed by atoms with E-state index in [1.54, 1.807) is 19.9 Å². The molecule has 0 unspecified atom stereocenters. The van der Waals surface area contributed by atoms with Gasteiger partial charge in [0, 0.05) is 30.1 Å². The Hall–Kier alpha value is -1.83. The van der Waals surface area contributed by atoms with Crippen LogP contribution in [0.1, 0.15) is 19.4 Å². The molecule has 0 aliphatic carbocycles. The lowest BCUT2D eigenvalue weighted by molar-refractivity contribution is -0.137. The van der Waals surface area contributed by atoms with Crippen molar-refractivity contribution in [1.29, 1.82) is 0 Å². The van der Waals surface area contributed by atoms with Crippen LogP contribution in [-0.4, -0.2) is 30.9 Å². The van der Waals surface area contributed by atoms with Crippen molar-refractivity contribution >= 4 is 26.4 Å². The summed E-state index contributed by atoms with van der Waals surface area (Å²) < 4.78 is 60.7. The zero-order valence-corrected chi connectivity index (χ0v) is 13.7. The molecule has 0 saturated heterocycles. The summed E-state index contributed by atoms with van der Waals surface area (Å²) in [5, 5.41) is 3.50. The van der Waals surface area contributed by atoms with Crippen LogP contribution in [0.3, 0.4) is 0 Å². The molecule has 0 amide bonds. The number of alkyl halides is 3. The second-order valence-electron chi connectivity index (χ2n) is 5.97. The molecule has 2 aromatic rings. The van der Waals surface area contributed by atoms with Gasteiger partial charge in [-0.2, -0.15) is 13.2 Å². The summed E-state index contributed by atoms with van der Waals surface area (Å²) in [6, 6.07) is 4.90. The van der Waals surface area contributed by atoms with Gasteiger partial charge < -0.3 is 5.32 Å². The van der Waals surface area contributed by atoms with Crippen LogP contribution in [0.4, 0.5) is 18.9 Å². The Morgan fingerprint density at radius 3 is 2.39 bits per heavy atom. The van der Waals surface area contributed by atoms with Gasteiger partial charge in [0.25, 0.3) is 0 Å². The van der Waals surface area contributed by atoms with Crippen LogP contribution in [-0.2, 0) is 16.0 Å². The lowest BCUT2D eigenvalue weighted by atomic mass is 10.1. The third-order valence-corrected chi connectivity index (χ3v) is 5.93. The van der Waals surface area contributed by atoms with Gasteiger partial charge in [0.1, 0.15) is 0 Å². The summed E-state index contributed by atoms with van der Waals surface area (Å²) in [7, 11) is -3.28. The number of rotatable bonds is 4. The van der Waals surface area contributed by atoms with E-state index in [2.05, 4.69) is 10.3 Å². The molecule has 1 aromatic carbocycles. The number of hydrogen-bond acceptors (Lipinski definition) is 4. The Labute approximate surface area is 132 Å². The van der Waals surface area contributed by atoms with E-state index in [0.717, 1.165) is 18.4 Å². The lowest BCUT2D eigenvalue weighted by Gasteiger charge is -2.23. The third kappa shape index (κ3) is 3.74. The Balaban J connectivity index is 2.36. The summed E-state index contributed by atoms with van der Waals surface area (Å²) >= 11 is 0. The highest BCUT2D eigenvalue weighted by Gasteiger charge is 2.31. The summed E-state index contributed by atoms with van der Waals surface area (Å²) in [4.78, 5) is 3.95. The van der Waals surface area contributed by atoms with Gasteiger partial charge in [-0.15, -0.1) is 0 Å². The van der Waals surface area contributed by atoms with E-state index in [0.29, 0.717) is 11.1 Å². The molecule has 8 heteroatoms. The fourth-order valence-electron chi connectivity index (χ4n) is 1.92. The molecule has 1 N–H and O–H groups in total. The zero-order chi connectivity index (χ0) is 17.5. The van der Waals surface area contributed by atoms with Crippen molar-refractivity contribution < 1.29 is 21.6 Å². The molecule has 0 fully saturated rings. The minimum absolute atomic E-state index is 0.131. The molecule has 0 aliphatic rings. The third-order valence-electron chi connectivity index (χ3n) is 3.78. The molecule has 126 valence electrons. The number of nitrogens with one attached hydrogen (secondary N) is 1. The monoisotopic (exact) mass is 346 g/mol. The largest absolute Gasteiger partial charge is 0.416 e. The van der Waals surface area contributed by atoms with E-state index in [-0.39, 0.29) is 12.1 Å². The first-order chi connectivity index (χ1) is 10.4. The molecule has 0 spiro atoms. The van der Waals surface area contributed by atoms with Crippen LogP contribution in [0.25, 0.3) is 10.9 Å². The predicted molar refractivity (Wildman–Crippen MR) is 84.2 cm³/mol. The van der Waals surface area contributed by atoms with Crippen molar-refractivity contribution in [3.8, 4) is 0 Å². The lowest BCUT2D eigenvalue weighted by Crippen LogP contribution is -2.38. The van der Waals surface area contributed by atoms with Gasteiger partial charge in [0.2, 0.25) is 0 Å². The average Bonchev–Trinajstić information content (AvgIpc) is 2.42. The molecule has 0 saturated carbocycles. The molecule has 23 heavy (non-hydrogen) atoms. The van der Waals surface area contributed by atoms with E-state index in [9.17, 15) is 21.6 Å². The number of sulfone groups is 1. The quantitative estimate of drug-likeness (QED) is 0.921. The number of benzene rings is 1. The molecule has 0 atom stereocenters. The summed E-state index contributed by atoms with van der Waals surface area (Å²) in [6.07, 6.45) is -1.90. The van der Waals surface area contributed by atoms with E-state index in [1.807, 2.05) is 0 Å². The second kappa shape index (κ2) is 5.67. The van der Waals surface area contributed by atoms with Crippen LogP contribution < -0.4 is 5.32 Å². The number of nitrogens with zero attached hydrogens (tertiary/aromatic N) is 1. The highest BCUT2D eigenvalue weighted by Crippen LogP contribution is 2.32. The summed E-state index contributed by atoms with van der Waals surface area (Å²) in [5.41, 5.74) is -0.0337. The van der Waals surface area contributed by atoms with Crippen molar-refractivity contribution in [1.82, 2.24) is 4.98 Å². The maximum absolute atomic E-state index is 12.7. The van der Waals surface area contributed by atoms with Crippen LogP contribution >= 0.6 is 0 Å². The van der Waals surface area contributed by atoms with Gasteiger partial charge >= 0.3 is 6.18 Å². The molecule has 2 rings (SSSR count). The number of fused-ring (bicyclic) bond motifs is 1. The fourth-order valence-corrected chi connectivity index (χ4v) is 2.25. The smallest absolute Gasteiger partial charge is 0.383 e. The van der Waals surface area contributed by atoms with Gasteiger partial charge in [-0.3, -0.25) is 4.98 Å². The highest BCUT2D eigenvalue weighted by atomic mass is 32.2. The van der Waals surface area contributed by atoms with Crippen molar-refractivity contribution in [2.75, 3.05) is 18.1 Å². The van der Waals surface area contributed by atoms with Crippen LogP contribution in [0.15, 0.2) is 30.5 Å². The van der Waals surface area contributed by atoms with Gasteiger partial charge in [-0.05, 0) is 32.0 Å². The maximum Gasteiger partial charge on any atom is 0.416 e. The Kier molecular flexibility index (Phi) is 4.32. The van der Waals surface area contributed by atoms with Crippen LogP contribution in [0.2, 0.25) is 0 Å². The number of anilines is 1. The second-order valence-corrected chi connectivity index (χ2v) is 8.62. The zero-order valence-electron chi connectivity index (χ0n) is 12.9. The summed E-state index contributed by atoms with van der Waals surface area (Å²) in [5.74, 6) is 0. The molecule has 1 aromatic heterocycles. The topological polar surface area (TPSA) is 59.1 Å². The van der Waals surface area contributed by atoms with E-state index < -0.39 is 26.3 Å². The predicted octanol–water partition coefficient (Wildman–Crippen LogP) is 3.49. The normalized spacial score (nSPS) is 13.3. The summed E-state index contributed by atoms with van der Waals surface area (Å²) in [6.45, 7) is 3.30. The van der Waals surface area contributed by atoms with E-state index in [4.69, 9.17) is 0 Å². The number of pyridine rings is 1. The number of hydrogen-bond donors (Lipinski definition) is 1. The van der Waals surface area contributed by atoms with Crippen molar-refractivity contribution in [2.24, 2.45) is 0 Å². The standard InChI is InChI=1S/C15H17F3N2O2S/c1-14(2,23(3,21)22)9-20-12-6-7-19-13-8-10(15(16,17)18)4-5-11(12)13/h4-8H,9H2,1-3H3,(H,19,20). The van der Waals surface area contributed by atoms with Gasteiger partial charge in [0.15, 0.2) is 9.84 Å². The molecule has 0 radical (unpaired) electrons. The fraction of sp³-hybridized carbons (Fsp3) is 0.400. The first-order valence-corrected chi connectivity index (χ1v) is 8.70. The Bertz CT molecular complexity index is 830. The minimum atomic E-state index is -4.43. The first kappa shape index (κ1) is 17.5. The molecular weight excluding hydrogens is 329 g/mol. The van der Waals surface area contributed by atoms with Crippen molar-refractivity contribution in [2.45, 2.75) is 24.8 Å². The van der Waals surface area contributed by atoms with Crippen molar-refractivity contribution in [3.05, 3.63) is 36.0 Å². The number of halogens is 3. The van der Waals surface area contributed by atoms with Gasteiger partial charge in [-0.1, -0.05) is 6.07 Å². The highest BCUT2D eigenvalue weighted by molar-refractivity contribution is 7.92. The molecule has 4 nitrogen and oxygen atoms in total. The average molecular weight is 346 g/mol. The minimum Gasteiger partial charge on any atom is -0.383 e. The SMILES string of the molecule is CC(C)(CNc1ccnc2cc(C(F)(F)F)ccc12)S(C)(=O)=O. The Morgan fingerprint density at radius 1 is 1.17 bits per heavy atom. The first-order valence-electron chi connectivity index (χ1n) is 6.81. The maximum atomic E-state index is 12.7. The molecular formula is C15H17F3N2O2S. The van der Waals surface area contributed by atoms with Crippen molar-refractivity contribution in [3.63, 3.8) is 0 Å². The molecule has 1 heterocycles. The molecule has 0 bridgehead atoms. The number of aromatic nitrogens is 1. The van der Waals surface area contributed by atoms with Gasteiger partial charge in [0.05, 0.1) is 15.8 Å². The Morgan fingerprint density at radius 2 is 1.83 bits per heavy atom. The van der Waals surface area contributed by atoms with Gasteiger partial charge in [-0.25, -0.2) is 8.42 Å². The van der Waals surface area contributed by atoms with E-state index in [1.165, 1.54) is 12.3 Å².